The number of hydrogen-bond acceptors (Lipinski definition) is 2. The molecule has 0 saturated heterocycles. The van der Waals surface area contributed by atoms with Gasteiger partial charge in [0.1, 0.15) is 5.82 Å². The summed E-state index contributed by atoms with van der Waals surface area (Å²) in [4.78, 5) is 0.635. The second kappa shape index (κ2) is 5.97. The van der Waals surface area contributed by atoms with Crippen LogP contribution in [-0.2, 0) is 9.73 Å². The second-order valence-electron chi connectivity index (χ2n) is 4.63. The van der Waals surface area contributed by atoms with Gasteiger partial charge in [0.15, 0.2) is 8.24 Å². The van der Waals surface area contributed by atoms with Crippen molar-refractivity contribution in [3.05, 3.63) is 30.1 Å². The first-order chi connectivity index (χ1) is 8.39. The lowest BCUT2D eigenvalue weighted by Crippen LogP contribution is -2.30. The van der Waals surface area contributed by atoms with E-state index in [0.717, 1.165) is 18.1 Å². The zero-order valence-corrected chi connectivity index (χ0v) is 13.4. The number of halogens is 1. The Bertz CT molecular complexity index is 494. The Morgan fingerprint density at radius 1 is 1.11 bits per heavy atom. The molecule has 1 aromatic carbocycles. The molecule has 1 rings (SSSR count). The molecule has 0 heterocycles. The highest BCUT2D eigenvalue weighted by Gasteiger charge is 2.28. The monoisotopic (exact) mass is 287 g/mol. The third kappa shape index (κ3) is 3.42. The van der Waals surface area contributed by atoms with E-state index in [1.165, 1.54) is 12.1 Å². The fraction of sp³-hybridized carbons (Fsp3) is 0.538. The maximum absolute atomic E-state index is 12.9. The Morgan fingerprint density at radius 2 is 1.56 bits per heavy atom. The zero-order valence-electron chi connectivity index (χ0n) is 11.6. The van der Waals surface area contributed by atoms with E-state index in [2.05, 4.69) is 20.8 Å². The average Bonchev–Trinajstić information content (AvgIpc) is 2.37. The summed E-state index contributed by atoms with van der Waals surface area (Å²) in [5.74, 6) is -0.307. The maximum Gasteiger partial charge on any atom is 0.193 e. The molecule has 0 aliphatic rings. The molecule has 0 bridgehead atoms. The molecule has 1 atom stereocenters. The van der Waals surface area contributed by atoms with E-state index in [1.54, 1.807) is 18.4 Å². The van der Waals surface area contributed by atoms with Crippen molar-refractivity contribution in [3.8, 4) is 0 Å². The zero-order chi connectivity index (χ0) is 13.8. The molecular formula is C13H22FNOSSi. The van der Waals surface area contributed by atoms with Gasteiger partial charge in [-0.1, -0.05) is 20.8 Å². The molecule has 0 radical (unpaired) electrons. The summed E-state index contributed by atoms with van der Waals surface area (Å²) in [6, 6.07) is 8.88. The van der Waals surface area contributed by atoms with E-state index in [1.807, 2.05) is 0 Å². The molecule has 0 aliphatic carbocycles. The number of benzene rings is 1. The molecule has 0 spiro atoms. The van der Waals surface area contributed by atoms with E-state index in [9.17, 15) is 8.60 Å². The molecule has 5 heteroatoms. The van der Waals surface area contributed by atoms with Crippen molar-refractivity contribution in [3.63, 3.8) is 0 Å². The van der Waals surface area contributed by atoms with Gasteiger partial charge in [0.25, 0.3) is 0 Å². The predicted octanol–water partition coefficient (Wildman–Crippen LogP) is 4.29. The third-order valence-corrected chi connectivity index (χ3v) is 11.6. The molecule has 0 aromatic heterocycles. The van der Waals surface area contributed by atoms with Crippen molar-refractivity contribution >= 4 is 18.0 Å². The van der Waals surface area contributed by atoms with E-state index in [0.29, 0.717) is 4.90 Å². The Morgan fingerprint density at radius 3 is 1.94 bits per heavy atom. The molecular weight excluding hydrogens is 265 g/mol. The fourth-order valence-corrected chi connectivity index (χ4v) is 9.12. The largest absolute Gasteiger partial charge is 0.274 e. The van der Waals surface area contributed by atoms with Crippen LogP contribution in [0.15, 0.2) is 33.2 Å². The summed E-state index contributed by atoms with van der Waals surface area (Å²) in [5, 5.41) is 0. The number of rotatable bonds is 5. The average molecular weight is 287 g/mol. The highest BCUT2D eigenvalue weighted by molar-refractivity contribution is 7.93. The Hall–Kier alpha value is -0.683. The van der Waals surface area contributed by atoms with E-state index in [4.69, 9.17) is 4.03 Å². The van der Waals surface area contributed by atoms with Gasteiger partial charge in [-0.2, -0.15) is 0 Å². The summed E-state index contributed by atoms with van der Waals surface area (Å²) in [6.45, 7) is 6.38. The van der Waals surface area contributed by atoms with Crippen LogP contribution in [0.1, 0.15) is 20.8 Å². The standard InChI is InChI=1S/C13H22FNOSSi/c1-5-18(6-2,7-3)15-17(4,16)13-10-8-12(14)9-11-13/h8-11H,5-7H2,1-4H3. The van der Waals surface area contributed by atoms with Gasteiger partial charge in [0.2, 0.25) is 0 Å². The van der Waals surface area contributed by atoms with E-state index >= 15 is 0 Å². The Balaban J connectivity index is 3.27. The minimum absolute atomic E-state index is 0.307. The van der Waals surface area contributed by atoms with Crippen molar-refractivity contribution in [2.45, 2.75) is 43.8 Å². The first kappa shape index (κ1) is 15.4. The van der Waals surface area contributed by atoms with Gasteiger partial charge in [-0.3, -0.25) is 4.03 Å². The van der Waals surface area contributed by atoms with Crippen LogP contribution in [0.3, 0.4) is 0 Å². The van der Waals surface area contributed by atoms with Gasteiger partial charge < -0.3 is 0 Å². The normalized spacial score (nSPS) is 15.2. The van der Waals surface area contributed by atoms with Gasteiger partial charge >= 0.3 is 0 Å². The summed E-state index contributed by atoms with van der Waals surface area (Å²) in [5.41, 5.74) is 0. The lowest BCUT2D eigenvalue weighted by atomic mass is 10.4. The molecule has 2 nitrogen and oxygen atoms in total. The van der Waals surface area contributed by atoms with Gasteiger partial charge in [0.05, 0.1) is 9.73 Å². The summed E-state index contributed by atoms with van der Waals surface area (Å²) in [7, 11) is -4.19. The van der Waals surface area contributed by atoms with Gasteiger partial charge in [0, 0.05) is 11.2 Å². The van der Waals surface area contributed by atoms with Crippen LogP contribution in [0.5, 0.6) is 0 Å². The minimum Gasteiger partial charge on any atom is -0.274 e. The van der Waals surface area contributed by atoms with Crippen molar-refractivity contribution < 1.29 is 8.60 Å². The fourth-order valence-electron chi connectivity index (χ4n) is 2.05. The molecule has 102 valence electrons. The number of hydrogen-bond donors (Lipinski definition) is 0. The smallest absolute Gasteiger partial charge is 0.193 e. The maximum atomic E-state index is 12.9. The highest BCUT2D eigenvalue weighted by Crippen LogP contribution is 2.25. The van der Waals surface area contributed by atoms with E-state index < -0.39 is 18.0 Å². The van der Waals surface area contributed by atoms with Crippen LogP contribution in [0.4, 0.5) is 4.39 Å². The predicted molar refractivity (Wildman–Crippen MR) is 78.4 cm³/mol. The number of nitrogens with zero attached hydrogens (tertiary/aromatic N) is 1. The van der Waals surface area contributed by atoms with Crippen LogP contribution < -0.4 is 0 Å². The van der Waals surface area contributed by atoms with Crippen LogP contribution in [0.25, 0.3) is 0 Å². The molecule has 1 unspecified atom stereocenters. The van der Waals surface area contributed by atoms with Gasteiger partial charge in [-0.05, 0) is 42.4 Å². The second-order valence-corrected chi connectivity index (χ2v) is 12.0. The molecule has 0 N–H and O–H groups in total. The lowest BCUT2D eigenvalue weighted by molar-refractivity contribution is 0.626. The van der Waals surface area contributed by atoms with Crippen LogP contribution >= 0.6 is 0 Å². The van der Waals surface area contributed by atoms with Crippen LogP contribution in [0, 0.1) is 5.82 Å². The first-order valence-corrected chi connectivity index (χ1v) is 10.9. The van der Waals surface area contributed by atoms with Crippen molar-refractivity contribution in [1.29, 1.82) is 0 Å². The Kier molecular flexibility index (Phi) is 5.10. The highest BCUT2D eigenvalue weighted by atomic mass is 32.2. The molecule has 0 saturated carbocycles. The third-order valence-electron chi connectivity index (χ3n) is 3.59. The summed E-state index contributed by atoms with van der Waals surface area (Å²) < 4.78 is 30.4. The van der Waals surface area contributed by atoms with Crippen LogP contribution in [-0.4, -0.2) is 18.7 Å². The quantitative estimate of drug-likeness (QED) is 0.743. The molecule has 18 heavy (non-hydrogen) atoms. The first-order valence-electron chi connectivity index (χ1n) is 6.38. The minimum atomic E-state index is -2.40. The molecule has 1 aromatic rings. The van der Waals surface area contributed by atoms with Crippen molar-refractivity contribution in [2.24, 2.45) is 4.03 Å². The summed E-state index contributed by atoms with van der Waals surface area (Å²) in [6.07, 6.45) is 1.67. The van der Waals surface area contributed by atoms with Gasteiger partial charge in [-0.15, -0.1) is 0 Å². The topological polar surface area (TPSA) is 29.4 Å². The molecule has 0 amide bonds. The van der Waals surface area contributed by atoms with E-state index in [-0.39, 0.29) is 5.82 Å². The molecule has 0 fully saturated rings. The molecule has 0 aliphatic heterocycles. The summed E-state index contributed by atoms with van der Waals surface area (Å²) >= 11 is 0. The van der Waals surface area contributed by atoms with Gasteiger partial charge in [-0.25, -0.2) is 8.60 Å². The SMILES string of the molecule is CC[Si](CC)(CC)N=S(C)(=O)c1ccc(F)cc1. The van der Waals surface area contributed by atoms with Crippen molar-refractivity contribution in [1.82, 2.24) is 0 Å². The van der Waals surface area contributed by atoms with Crippen LogP contribution in [0.2, 0.25) is 18.1 Å². The Labute approximate surface area is 111 Å². The lowest BCUT2D eigenvalue weighted by Gasteiger charge is -2.23. The van der Waals surface area contributed by atoms with Crippen molar-refractivity contribution in [2.75, 3.05) is 6.26 Å².